The van der Waals surface area contributed by atoms with Gasteiger partial charge in [-0.05, 0) is 55.5 Å². The van der Waals surface area contributed by atoms with Crippen molar-refractivity contribution in [3.8, 4) is 0 Å². The Bertz CT molecular complexity index is 945. The Balaban J connectivity index is 1.41. The molecule has 3 heterocycles. The quantitative estimate of drug-likeness (QED) is 0.725. The minimum absolute atomic E-state index is 0.0198. The van der Waals surface area contributed by atoms with Crippen LogP contribution in [0.5, 0.6) is 0 Å². The maximum Gasteiger partial charge on any atom is 0.178 e. The highest BCUT2D eigenvalue weighted by atomic mass is 35.5. The van der Waals surface area contributed by atoms with Crippen LogP contribution in [0.15, 0.2) is 36.4 Å². The first-order valence-electron chi connectivity index (χ1n) is 9.54. The molecule has 1 aliphatic carbocycles. The molecule has 2 aromatic heterocycles. The van der Waals surface area contributed by atoms with E-state index in [9.17, 15) is 0 Å². The summed E-state index contributed by atoms with van der Waals surface area (Å²) in [7, 11) is 0. The van der Waals surface area contributed by atoms with Gasteiger partial charge in [0.25, 0.3) is 0 Å². The van der Waals surface area contributed by atoms with Gasteiger partial charge in [0, 0.05) is 36.1 Å². The van der Waals surface area contributed by atoms with E-state index < -0.39 is 0 Å². The molecule has 1 saturated carbocycles. The average molecular weight is 384 g/mol. The Morgan fingerprint density at radius 1 is 1.07 bits per heavy atom. The molecule has 27 heavy (non-hydrogen) atoms. The van der Waals surface area contributed by atoms with Gasteiger partial charge >= 0.3 is 0 Å². The third-order valence-corrected chi connectivity index (χ3v) is 6.00. The van der Waals surface area contributed by atoms with Crippen molar-refractivity contribution in [3.05, 3.63) is 52.8 Å². The van der Waals surface area contributed by atoms with E-state index in [2.05, 4.69) is 27.6 Å². The van der Waals surface area contributed by atoms with Gasteiger partial charge < -0.3 is 10.1 Å². The summed E-state index contributed by atoms with van der Waals surface area (Å²) in [5, 5.41) is 17.6. The number of ether oxygens (including phenoxy) is 1. The summed E-state index contributed by atoms with van der Waals surface area (Å²) in [5.74, 6) is 2.34. The lowest BCUT2D eigenvalue weighted by Gasteiger charge is -2.38. The van der Waals surface area contributed by atoms with Gasteiger partial charge in [-0.1, -0.05) is 23.7 Å². The van der Waals surface area contributed by atoms with Crippen LogP contribution in [0.4, 0.5) is 5.82 Å². The molecular weight excluding hydrogens is 362 g/mol. The van der Waals surface area contributed by atoms with Crippen LogP contribution >= 0.6 is 11.6 Å². The summed E-state index contributed by atoms with van der Waals surface area (Å²) in [4.78, 5) is 0. The number of halogens is 1. The normalized spacial score (nSPS) is 19.3. The fourth-order valence-electron chi connectivity index (χ4n) is 3.89. The second kappa shape index (κ2) is 6.77. The maximum atomic E-state index is 6.09. The molecule has 1 N–H and O–H groups in total. The topological polar surface area (TPSA) is 64.3 Å². The van der Waals surface area contributed by atoms with E-state index in [0.717, 1.165) is 54.9 Å². The monoisotopic (exact) mass is 383 g/mol. The Hall–Kier alpha value is -2.18. The molecule has 0 atom stereocenters. The number of nitrogens with zero attached hydrogens (tertiary/aromatic N) is 4. The highest BCUT2D eigenvalue weighted by Crippen LogP contribution is 2.39. The number of fused-ring (bicyclic) bond motifs is 1. The van der Waals surface area contributed by atoms with E-state index >= 15 is 0 Å². The Kier molecular flexibility index (Phi) is 4.25. The van der Waals surface area contributed by atoms with E-state index in [4.69, 9.17) is 21.4 Å². The van der Waals surface area contributed by atoms with Crippen LogP contribution < -0.4 is 5.32 Å². The summed E-state index contributed by atoms with van der Waals surface area (Å²) in [6.45, 7) is 2.35. The van der Waals surface area contributed by atoms with Crippen molar-refractivity contribution in [1.29, 1.82) is 0 Å². The molecule has 1 aromatic carbocycles. The van der Waals surface area contributed by atoms with E-state index in [1.165, 1.54) is 18.4 Å². The van der Waals surface area contributed by atoms with Crippen LogP contribution in [0.1, 0.15) is 43.0 Å². The second-order valence-corrected chi connectivity index (χ2v) is 8.01. The van der Waals surface area contributed by atoms with Crippen molar-refractivity contribution in [2.45, 2.75) is 37.0 Å². The zero-order valence-corrected chi connectivity index (χ0v) is 15.8. The van der Waals surface area contributed by atoms with E-state index in [-0.39, 0.29) is 5.41 Å². The summed E-state index contributed by atoms with van der Waals surface area (Å²) in [6.07, 6.45) is 4.31. The molecule has 5 rings (SSSR count). The van der Waals surface area contributed by atoms with Crippen LogP contribution in [-0.2, 0) is 10.2 Å². The third-order valence-electron chi connectivity index (χ3n) is 5.74. The zero-order chi connectivity index (χ0) is 18.3. The van der Waals surface area contributed by atoms with Crippen molar-refractivity contribution in [1.82, 2.24) is 19.8 Å². The second-order valence-electron chi connectivity index (χ2n) is 7.57. The first-order chi connectivity index (χ1) is 13.2. The van der Waals surface area contributed by atoms with Crippen LogP contribution in [-0.4, -0.2) is 39.6 Å². The zero-order valence-electron chi connectivity index (χ0n) is 15.1. The highest BCUT2D eigenvalue weighted by molar-refractivity contribution is 6.30. The molecule has 0 bridgehead atoms. The summed E-state index contributed by atoms with van der Waals surface area (Å²) in [6, 6.07) is 12.2. The molecule has 0 unspecified atom stereocenters. The molecule has 7 heteroatoms. The van der Waals surface area contributed by atoms with Gasteiger partial charge in [0.2, 0.25) is 0 Å². The van der Waals surface area contributed by atoms with Crippen molar-refractivity contribution in [2.24, 2.45) is 0 Å². The maximum absolute atomic E-state index is 6.09. The van der Waals surface area contributed by atoms with Crippen molar-refractivity contribution in [2.75, 3.05) is 25.1 Å². The van der Waals surface area contributed by atoms with E-state index in [1.54, 1.807) is 0 Å². The molecule has 140 valence electrons. The van der Waals surface area contributed by atoms with Gasteiger partial charge in [0.15, 0.2) is 11.5 Å². The molecule has 1 aliphatic heterocycles. The van der Waals surface area contributed by atoms with Gasteiger partial charge in [-0.15, -0.1) is 15.3 Å². The van der Waals surface area contributed by atoms with Crippen molar-refractivity contribution < 1.29 is 4.74 Å². The minimum Gasteiger partial charge on any atom is -0.381 e. The largest absolute Gasteiger partial charge is 0.381 e. The van der Waals surface area contributed by atoms with E-state index in [1.807, 2.05) is 28.8 Å². The molecular formula is C20H22ClN5O. The predicted octanol–water partition coefficient (Wildman–Crippen LogP) is 3.82. The smallest absolute Gasteiger partial charge is 0.178 e. The number of anilines is 1. The fourth-order valence-corrected chi connectivity index (χ4v) is 4.01. The first-order valence-corrected chi connectivity index (χ1v) is 9.91. The number of nitrogens with one attached hydrogen (secondary N) is 1. The summed E-state index contributed by atoms with van der Waals surface area (Å²) >= 11 is 6.09. The van der Waals surface area contributed by atoms with Crippen LogP contribution in [0, 0.1) is 0 Å². The number of rotatable bonds is 5. The van der Waals surface area contributed by atoms with Crippen LogP contribution in [0.3, 0.4) is 0 Å². The Morgan fingerprint density at radius 3 is 2.59 bits per heavy atom. The molecule has 3 aromatic rings. The van der Waals surface area contributed by atoms with Gasteiger partial charge in [-0.2, -0.15) is 4.52 Å². The molecule has 6 nitrogen and oxygen atoms in total. The lowest BCUT2D eigenvalue weighted by molar-refractivity contribution is 0.0543. The van der Waals surface area contributed by atoms with Gasteiger partial charge in [-0.3, -0.25) is 0 Å². The SMILES string of the molecule is Clc1ccc(C2(CNc3ccc4nnc(C5CC5)n4n3)CCOCC2)cc1. The lowest BCUT2D eigenvalue weighted by atomic mass is 9.74. The summed E-state index contributed by atoms with van der Waals surface area (Å²) in [5.41, 5.74) is 2.12. The molecule has 2 aliphatic rings. The van der Waals surface area contributed by atoms with Gasteiger partial charge in [0.1, 0.15) is 5.82 Å². The van der Waals surface area contributed by atoms with E-state index in [0.29, 0.717) is 5.92 Å². The number of aromatic nitrogens is 4. The molecule has 1 saturated heterocycles. The average Bonchev–Trinajstić information content (AvgIpc) is 3.47. The first kappa shape index (κ1) is 17.0. The van der Waals surface area contributed by atoms with Gasteiger partial charge in [0.05, 0.1) is 0 Å². The predicted molar refractivity (Wildman–Crippen MR) is 104 cm³/mol. The Morgan fingerprint density at radius 2 is 1.85 bits per heavy atom. The standard InChI is InChI=1S/C20H22ClN5O/c21-16-5-3-15(4-6-16)20(9-11-27-12-10-20)13-22-17-7-8-18-23-24-19(14-1-2-14)26(18)25-17/h3-8,14H,1-2,9-13H2,(H,22,25). The Labute approximate surface area is 162 Å². The minimum atomic E-state index is 0.0198. The van der Waals surface area contributed by atoms with Crippen LogP contribution in [0.2, 0.25) is 5.02 Å². The number of hydrogen-bond donors (Lipinski definition) is 1. The fraction of sp³-hybridized carbons (Fsp3) is 0.450. The summed E-state index contributed by atoms with van der Waals surface area (Å²) < 4.78 is 7.52. The van der Waals surface area contributed by atoms with Gasteiger partial charge in [-0.25, -0.2) is 0 Å². The molecule has 0 spiro atoms. The lowest BCUT2D eigenvalue weighted by Crippen LogP contribution is -2.40. The highest BCUT2D eigenvalue weighted by Gasteiger charge is 2.34. The van der Waals surface area contributed by atoms with Crippen molar-refractivity contribution >= 4 is 23.1 Å². The molecule has 0 radical (unpaired) electrons. The number of benzene rings is 1. The molecule has 0 amide bonds. The third kappa shape index (κ3) is 3.28. The van der Waals surface area contributed by atoms with Crippen LogP contribution in [0.25, 0.3) is 5.65 Å². The van der Waals surface area contributed by atoms with Crippen molar-refractivity contribution in [3.63, 3.8) is 0 Å². The number of hydrogen-bond acceptors (Lipinski definition) is 5. The molecule has 2 fully saturated rings.